The van der Waals surface area contributed by atoms with Crippen LogP contribution in [0.1, 0.15) is 6.42 Å². The maximum absolute atomic E-state index is 12.2. The molecule has 7 heteroatoms. The van der Waals surface area contributed by atoms with E-state index in [0.29, 0.717) is 31.3 Å². The summed E-state index contributed by atoms with van der Waals surface area (Å²) in [5.41, 5.74) is 0. The summed E-state index contributed by atoms with van der Waals surface area (Å²) in [4.78, 5) is 0.212. The maximum Gasteiger partial charge on any atom is 0.241 e. The number of fused-ring (bicyclic) bond motifs is 1. The van der Waals surface area contributed by atoms with Crippen LogP contribution in [-0.4, -0.2) is 40.8 Å². The Labute approximate surface area is 112 Å². The Morgan fingerprint density at radius 1 is 1.21 bits per heavy atom. The van der Waals surface area contributed by atoms with Crippen molar-refractivity contribution in [1.29, 1.82) is 0 Å². The third-order valence-corrected chi connectivity index (χ3v) is 4.72. The molecule has 0 bridgehead atoms. The van der Waals surface area contributed by atoms with Gasteiger partial charge in [-0.2, -0.15) is 0 Å². The molecule has 0 unspecified atom stereocenters. The molecular weight excluding hydrogens is 268 g/mol. The standard InChI is InChI=1S/C12H16N2O4S/c15-19(16,14-9-3-4-13-8-9)10-1-2-11-12(7-10)18-6-5-17-11/h1-2,7,9,13-14H,3-6,8H2/t9-/m0/s1. The summed E-state index contributed by atoms with van der Waals surface area (Å²) >= 11 is 0. The zero-order valence-corrected chi connectivity index (χ0v) is 11.2. The highest BCUT2D eigenvalue weighted by Crippen LogP contribution is 2.32. The normalized spacial score (nSPS) is 22.4. The zero-order valence-electron chi connectivity index (χ0n) is 10.4. The molecule has 1 fully saturated rings. The highest BCUT2D eigenvalue weighted by Gasteiger charge is 2.24. The zero-order chi connectivity index (χ0) is 13.3. The van der Waals surface area contributed by atoms with Crippen LogP contribution in [0.3, 0.4) is 0 Å². The molecule has 0 saturated carbocycles. The van der Waals surface area contributed by atoms with Crippen LogP contribution in [0, 0.1) is 0 Å². The SMILES string of the molecule is O=S(=O)(N[C@H]1CCNC1)c1ccc2c(c1)OCCO2. The van der Waals surface area contributed by atoms with Gasteiger partial charge in [-0.15, -0.1) is 0 Å². The van der Waals surface area contributed by atoms with Gasteiger partial charge in [-0.05, 0) is 25.1 Å². The quantitative estimate of drug-likeness (QED) is 0.823. The van der Waals surface area contributed by atoms with Gasteiger partial charge in [0.05, 0.1) is 4.90 Å². The first-order valence-corrected chi connectivity index (χ1v) is 7.76. The van der Waals surface area contributed by atoms with Crippen molar-refractivity contribution in [3.05, 3.63) is 18.2 Å². The minimum Gasteiger partial charge on any atom is -0.486 e. The van der Waals surface area contributed by atoms with E-state index in [1.165, 1.54) is 12.1 Å². The van der Waals surface area contributed by atoms with Crippen molar-refractivity contribution in [2.45, 2.75) is 17.4 Å². The van der Waals surface area contributed by atoms with Crippen molar-refractivity contribution in [2.24, 2.45) is 0 Å². The molecule has 0 amide bonds. The minimum absolute atomic E-state index is 0.0433. The monoisotopic (exact) mass is 284 g/mol. The predicted molar refractivity (Wildman–Crippen MR) is 69.0 cm³/mol. The van der Waals surface area contributed by atoms with Gasteiger partial charge >= 0.3 is 0 Å². The summed E-state index contributed by atoms with van der Waals surface area (Å²) in [6, 6.07) is 4.64. The van der Waals surface area contributed by atoms with Crippen LogP contribution in [-0.2, 0) is 10.0 Å². The third-order valence-electron chi connectivity index (χ3n) is 3.21. The Morgan fingerprint density at radius 2 is 2.00 bits per heavy atom. The fraction of sp³-hybridized carbons (Fsp3) is 0.500. The van der Waals surface area contributed by atoms with Crippen molar-refractivity contribution in [3.63, 3.8) is 0 Å². The number of hydrogen-bond donors (Lipinski definition) is 2. The maximum atomic E-state index is 12.2. The lowest BCUT2D eigenvalue weighted by Gasteiger charge is -2.19. The highest BCUT2D eigenvalue weighted by molar-refractivity contribution is 7.89. The minimum atomic E-state index is -3.50. The van der Waals surface area contributed by atoms with Gasteiger partial charge in [-0.25, -0.2) is 13.1 Å². The smallest absolute Gasteiger partial charge is 0.241 e. The number of hydrogen-bond acceptors (Lipinski definition) is 5. The van der Waals surface area contributed by atoms with Crippen LogP contribution in [0.5, 0.6) is 11.5 Å². The molecule has 1 saturated heterocycles. The van der Waals surface area contributed by atoms with Crippen molar-refractivity contribution in [3.8, 4) is 11.5 Å². The lowest BCUT2D eigenvalue weighted by molar-refractivity contribution is 0.171. The first kappa shape index (κ1) is 12.7. The molecular formula is C12H16N2O4S. The van der Waals surface area contributed by atoms with E-state index in [1.54, 1.807) is 6.07 Å². The molecule has 1 aromatic rings. The van der Waals surface area contributed by atoms with E-state index in [9.17, 15) is 8.42 Å². The second-order valence-electron chi connectivity index (χ2n) is 4.62. The van der Waals surface area contributed by atoms with Crippen LogP contribution in [0.2, 0.25) is 0 Å². The molecule has 1 atom stereocenters. The second kappa shape index (κ2) is 4.99. The molecule has 0 spiro atoms. The van der Waals surface area contributed by atoms with E-state index in [2.05, 4.69) is 10.0 Å². The molecule has 1 aromatic carbocycles. The summed E-state index contributed by atoms with van der Waals surface area (Å²) in [6.07, 6.45) is 0.809. The van der Waals surface area contributed by atoms with E-state index < -0.39 is 10.0 Å². The van der Waals surface area contributed by atoms with E-state index in [0.717, 1.165) is 13.0 Å². The van der Waals surface area contributed by atoms with Crippen LogP contribution in [0.25, 0.3) is 0 Å². The summed E-state index contributed by atoms with van der Waals surface area (Å²) in [5, 5.41) is 3.12. The van der Waals surface area contributed by atoms with Crippen molar-refractivity contribution in [2.75, 3.05) is 26.3 Å². The molecule has 2 heterocycles. The fourth-order valence-corrected chi connectivity index (χ4v) is 3.52. The number of nitrogens with one attached hydrogen (secondary N) is 2. The van der Waals surface area contributed by atoms with Gasteiger partial charge in [-0.1, -0.05) is 0 Å². The number of benzene rings is 1. The first-order chi connectivity index (χ1) is 9.15. The molecule has 0 aliphatic carbocycles. The molecule has 0 aromatic heterocycles. The molecule has 0 radical (unpaired) electrons. The van der Waals surface area contributed by atoms with Crippen LogP contribution >= 0.6 is 0 Å². The average molecular weight is 284 g/mol. The van der Waals surface area contributed by atoms with E-state index in [-0.39, 0.29) is 10.9 Å². The predicted octanol–water partition coefficient (Wildman–Crippen LogP) is 0.0980. The molecule has 3 rings (SSSR count). The van der Waals surface area contributed by atoms with E-state index in [1.807, 2.05) is 0 Å². The first-order valence-electron chi connectivity index (χ1n) is 6.28. The lowest BCUT2D eigenvalue weighted by atomic mass is 10.3. The van der Waals surface area contributed by atoms with E-state index in [4.69, 9.17) is 9.47 Å². The Bertz CT molecular complexity index is 567. The molecule has 2 aliphatic rings. The largest absolute Gasteiger partial charge is 0.486 e. The summed E-state index contributed by atoms with van der Waals surface area (Å²) in [7, 11) is -3.50. The molecule has 2 N–H and O–H groups in total. The van der Waals surface area contributed by atoms with Gasteiger partial charge in [0, 0.05) is 18.7 Å². The molecule has 2 aliphatic heterocycles. The van der Waals surface area contributed by atoms with Gasteiger partial charge in [-0.3, -0.25) is 0 Å². The summed E-state index contributed by atoms with van der Waals surface area (Å²) in [5.74, 6) is 1.08. The summed E-state index contributed by atoms with van der Waals surface area (Å²) < 4.78 is 37.9. The number of sulfonamides is 1. The molecule has 19 heavy (non-hydrogen) atoms. The Morgan fingerprint density at radius 3 is 2.74 bits per heavy atom. The fourth-order valence-electron chi connectivity index (χ4n) is 2.23. The Balaban J connectivity index is 1.84. The highest BCUT2D eigenvalue weighted by atomic mass is 32.2. The third kappa shape index (κ3) is 2.68. The van der Waals surface area contributed by atoms with Gasteiger partial charge in [0.1, 0.15) is 13.2 Å². The van der Waals surface area contributed by atoms with Crippen molar-refractivity contribution >= 4 is 10.0 Å². The summed E-state index contributed by atoms with van der Waals surface area (Å²) in [6.45, 7) is 2.44. The van der Waals surface area contributed by atoms with Gasteiger partial charge in [0.2, 0.25) is 10.0 Å². The number of ether oxygens (including phenoxy) is 2. The molecule has 104 valence electrons. The lowest BCUT2D eigenvalue weighted by Crippen LogP contribution is -2.36. The average Bonchev–Trinajstić information content (AvgIpc) is 2.90. The van der Waals surface area contributed by atoms with Gasteiger partial charge in [0.15, 0.2) is 11.5 Å². The number of rotatable bonds is 3. The van der Waals surface area contributed by atoms with Crippen molar-refractivity contribution < 1.29 is 17.9 Å². The molecule has 6 nitrogen and oxygen atoms in total. The topological polar surface area (TPSA) is 76.7 Å². The van der Waals surface area contributed by atoms with Gasteiger partial charge < -0.3 is 14.8 Å². The Hall–Kier alpha value is -1.31. The van der Waals surface area contributed by atoms with Crippen LogP contribution in [0.15, 0.2) is 23.1 Å². The van der Waals surface area contributed by atoms with Crippen LogP contribution < -0.4 is 19.5 Å². The van der Waals surface area contributed by atoms with Crippen LogP contribution in [0.4, 0.5) is 0 Å². The van der Waals surface area contributed by atoms with Gasteiger partial charge in [0.25, 0.3) is 0 Å². The van der Waals surface area contributed by atoms with Crippen molar-refractivity contribution in [1.82, 2.24) is 10.0 Å². The van der Waals surface area contributed by atoms with E-state index >= 15 is 0 Å². The second-order valence-corrected chi connectivity index (χ2v) is 6.33. The Kier molecular flexibility index (Phi) is 3.34.